The van der Waals surface area contributed by atoms with Gasteiger partial charge in [0.15, 0.2) is 5.58 Å². The Kier molecular flexibility index (Phi) is 3.94. The highest BCUT2D eigenvalue weighted by Gasteiger charge is 2.19. The summed E-state index contributed by atoms with van der Waals surface area (Å²) in [6, 6.07) is 13.7. The third kappa shape index (κ3) is 3.09. The predicted molar refractivity (Wildman–Crippen MR) is 82.7 cm³/mol. The minimum absolute atomic E-state index is 0.0588. The molecular weight excluding hydrogens is 287 g/mol. The molecule has 21 heavy (non-hydrogen) atoms. The number of hydrogen-bond donors (Lipinski definition) is 1. The van der Waals surface area contributed by atoms with Crippen LogP contribution >= 0.6 is 11.8 Å². The predicted octanol–water partition coefficient (Wildman–Crippen LogP) is 4.15. The van der Waals surface area contributed by atoms with Crippen molar-refractivity contribution >= 4 is 22.9 Å². The van der Waals surface area contributed by atoms with Gasteiger partial charge in [-0.2, -0.15) is 0 Å². The number of benzene rings is 2. The zero-order valence-corrected chi connectivity index (χ0v) is 12.3. The molecule has 0 radical (unpaired) electrons. The van der Waals surface area contributed by atoms with Gasteiger partial charge in [-0.3, -0.25) is 0 Å². The summed E-state index contributed by atoms with van der Waals surface area (Å²) in [6.45, 7) is 2.01. The summed E-state index contributed by atoms with van der Waals surface area (Å²) in [5.74, 6) is -0.259. The van der Waals surface area contributed by atoms with Crippen LogP contribution in [0.15, 0.2) is 58.2 Å². The van der Waals surface area contributed by atoms with Crippen LogP contribution in [0, 0.1) is 5.82 Å². The molecule has 1 aromatic heterocycles. The Hall–Kier alpha value is -1.85. The Morgan fingerprint density at radius 1 is 1.14 bits per heavy atom. The van der Waals surface area contributed by atoms with Crippen LogP contribution in [-0.2, 0) is 0 Å². The highest BCUT2D eigenvalue weighted by Crippen LogP contribution is 2.32. The first kappa shape index (κ1) is 14.1. The van der Waals surface area contributed by atoms with E-state index in [4.69, 9.17) is 10.2 Å². The van der Waals surface area contributed by atoms with Crippen LogP contribution in [0.5, 0.6) is 0 Å². The smallest absolute Gasteiger partial charge is 0.257 e. The standard InChI is InChI=1S/C16H15FN2OS/c1-10(15(18)11-6-8-12(17)9-7-11)21-16-19-13-4-2-3-5-14(13)20-16/h2-10,15H,18H2,1H3. The van der Waals surface area contributed by atoms with Crippen LogP contribution in [0.1, 0.15) is 18.5 Å². The molecular formula is C16H15FN2OS. The van der Waals surface area contributed by atoms with Crippen molar-refractivity contribution in [2.45, 2.75) is 23.4 Å². The molecule has 0 saturated carbocycles. The molecule has 3 rings (SSSR count). The number of para-hydroxylation sites is 2. The molecule has 0 fully saturated rings. The fourth-order valence-electron chi connectivity index (χ4n) is 2.09. The van der Waals surface area contributed by atoms with Gasteiger partial charge >= 0.3 is 0 Å². The molecule has 3 aromatic rings. The van der Waals surface area contributed by atoms with Crippen molar-refractivity contribution in [3.8, 4) is 0 Å². The summed E-state index contributed by atoms with van der Waals surface area (Å²) in [5.41, 5.74) is 8.72. The second-order valence-corrected chi connectivity index (χ2v) is 6.18. The molecule has 0 aliphatic rings. The van der Waals surface area contributed by atoms with Gasteiger partial charge in [0.05, 0.1) is 0 Å². The van der Waals surface area contributed by atoms with E-state index in [0.29, 0.717) is 5.22 Å². The van der Waals surface area contributed by atoms with Crippen LogP contribution in [0.3, 0.4) is 0 Å². The van der Waals surface area contributed by atoms with E-state index in [1.165, 1.54) is 23.9 Å². The van der Waals surface area contributed by atoms with Gasteiger partial charge in [-0.15, -0.1) is 0 Å². The lowest BCUT2D eigenvalue weighted by molar-refractivity contribution is 0.487. The van der Waals surface area contributed by atoms with E-state index >= 15 is 0 Å². The van der Waals surface area contributed by atoms with Gasteiger partial charge in [-0.05, 0) is 29.8 Å². The van der Waals surface area contributed by atoms with Gasteiger partial charge in [0.1, 0.15) is 11.3 Å². The van der Waals surface area contributed by atoms with Crippen molar-refractivity contribution < 1.29 is 8.81 Å². The third-order valence-electron chi connectivity index (χ3n) is 3.32. The molecule has 0 amide bonds. The minimum atomic E-state index is -0.259. The van der Waals surface area contributed by atoms with E-state index < -0.39 is 0 Å². The van der Waals surface area contributed by atoms with Crippen molar-refractivity contribution in [3.63, 3.8) is 0 Å². The average Bonchev–Trinajstić information content (AvgIpc) is 2.89. The SMILES string of the molecule is CC(Sc1nc2ccccc2o1)C(N)c1ccc(F)cc1. The number of thioether (sulfide) groups is 1. The molecule has 0 aliphatic carbocycles. The third-order valence-corrected chi connectivity index (χ3v) is 4.36. The Bertz CT molecular complexity index is 708. The second kappa shape index (κ2) is 5.87. The number of fused-ring (bicyclic) bond motifs is 1. The maximum Gasteiger partial charge on any atom is 0.257 e. The van der Waals surface area contributed by atoms with Crippen molar-refractivity contribution in [1.29, 1.82) is 0 Å². The first-order valence-electron chi connectivity index (χ1n) is 6.67. The van der Waals surface area contributed by atoms with Gasteiger partial charge < -0.3 is 10.2 Å². The normalized spacial score (nSPS) is 14.2. The zero-order valence-electron chi connectivity index (χ0n) is 11.5. The van der Waals surface area contributed by atoms with Crippen LogP contribution < -0.4 is 5.73 Å². The highest BCUT2D eigenvalue weighted by atomic mass is 32.2. The summed E-state index contributed by atoms with van der Waals surface area (Å²) < 4.78 is 18.6. The number of hydrogen-bond acceptors (Lipinski definition) is 4. The monoisotopic (exact) mass is 302 g/mol. The number of oxazole rings is 1. The first-order valence-corrected chi connectivity index (χ1v) is 7.55. The zero-order chi connectivity index (χ0) is 14.8. The molecule has 2 aromatic carbocycles. The molecule has 3 nitrogen and oxygen atoms in total. The lowest BCUT2D eigenvalue weighted by Gasteiger charge is -2.18. The van der Waals surface area contributed by atoms with E-state index in [1.54, 1.807) is 12.1 Å². The van der Waals surface area contributed by atoms with Crippen molar-refractivity contribution in [3.05, 3.63) is 59.9 Å². The van der Waals surface area contributed by atoms with E-state index in [0.717, 1.165) is 16.7 Å². The maximum atomic E-state index is 12.9. The van der Waals surface area contributed by atoms with E-state index in [9.17, 15) is 4.39 Å². The molecule has 2 atom stereocenters. The summed E-state index contributed by atoms with van der Waals surface area (Å²) in [5, 5.41) is 0.657. The van der Waals surface area contributed by atoms with Gasteiger partial charge in [-0.1, -0.05) is 43.0 Å². The number of nitrogens with zero attached hydrogens (tertiary/aromatic N) is 1. The van der Waals surface area contributed by atoms with Gasteiger partial charge in [0.2, 0.25) is 0 Å². The fraction of sp³-hybridized carbons (Fsp3) is 0.188. The van der Waals surface area contributed by atoms with Crippen LogP contribution in [0.2, 0.25) is 0 Å². The largest absolute Gasteiger partial charge is 0.431 e. The molecule has 0 spiro atoms. The van der Waals surface area contributed by atoms with Gasteiger partial charge in [0, 0.05) is 11.3 Å². The number of aromatic nitrogens is 1. The molecule has 0 bridgehead atoms. The minimum Gasteiger partial charge on any atom is -0.431 e. The van der Waals surface area contributed by atoms with Crippen molar-refractivity contribution in [2.24, 2.45) is 5.73 Å². The average molecular weight is 302 g/mol. The van der Waals surface area contributed by atoms with Crippen LogP contribution in [-0.4, -0.2) is 10.2 Å². The Morgan fingerprint density at radius 2 is 1.86 bits per heavy atom. The molecule has 2 N–H and O–H groups in total. The van der Waals surface area contributed by atoms with E-state index in [1.807, 2.05) is 31.2 Å². The van der Waals surface area contributed by atoms with Crippen LogP contribution in [0.4, 0.5) is 4.39 Å². The molecule has 2 unspecified atom stereocenters. The van der Waals surface area contributed by atoms with E-state index in [-0.39, 0.29) is 17.1 Å². The number of rotatable bonds is 4. The second-order valence-electron chi connectivity index (χ2n) is 4.85. The van der Waals surface area contributed by atoms with Crippen molar-refractivity contribution in [1.82, 2.24) is 4.98 Å². The molecule has 0 saturated heterocycles. The summed E-state index contributed by atoms with van der Waals surface area (Å²) in [6.07, 6.45) is 0. The van der Waals surface area contributed by atoms with E-state index in [2.05, 4.69) is 4.98 Å². The molecule has 5 heteroatoms. The highest BCUT2D eigenvalue weighted by molar-refractivity contribution is 7.99. The Labute approximate surface area is 126 Å². The summed E-state index contributed by atoms with van der Waals surface area (Å²) in [4.78, 5) is 4.42. The Balaban J connectivity index is 1.75. The Morgan fingerprint density at radius 3 is 2.57 bits per heavy atom. The lowest BCUT2D eigenvalue weighted by Crippen LogP contribution is -2.21. The summed E-state index contributed by atoms with van der Waals surface area (Å²) in [7, 11) is 0. The lowest BCUT2D eigenvalue weighted by atomic mass is 10.1. The quantitative estimate of drug-likeness (QED) is 0.736. The maximum absolute atomic E-state index is 12.9. The number of halogens is 1. The molecule has 1 heterocycles. The van der Waals surface area contributed by atoms with Crippen molar-refractivity contribution in [2.75, 3.05) is 0 Å². The number of nitrogens with two attached hydrogens (primary N) is 1. The van der Waals surface area contributed by atoms with Gasteiger partial charge in [-0.25, -0.2) is 9.37 Å². The fourth-order valence-corrected chi connectivity index (χ4v) is 3.00. The van der Waals surface area contributed by atoms with Gasteiger partial charge in [0.25, 0.3) is 5.22 Å². The first-order chi connectivity index (χ1) is 10.1. The van der Waals surface area contributed by atoms with Crippen LogP contribution in [0.25, 0.3) is 11.1 Å². The summed E-state index contributed by atoms with van der Waals surface area (Å²) >= 11 is 1.48. The topological polar surface area (TPSA) is 52.0 Å². The molecule has 108 valence electrons. The molecule has 0 aliphatic heterocycles.